The van der Waals surface area contributed by atoms with E-state index >= 15 is 0 Å². The molecule has 0 bridgehead atoms. The number of para-hydroxylation sites is 1. The molecule has 3 aromatic rings. The molecule has 19 heavy (non-hydrogen) atoms. The zero-order chi connectivity index (χ0) is 12.7. The van der Waals surface area contributed by atoms with Crippen LogP contribution in [0.3, 0.4) is 0 Å². The van der Waals surface area contributed by atoms with Crippen LogP contribution in [0.1, 0.15) is 0 Å². The van der Waals surface area contributed by atoms with Crippen LogP contribution in [-0.2, 0) is 0 Å². The molecule has 0 spiro atoms. The minimum Gasteiger partial charge on any atom is -0.398 e. The van der Waals surface area contributed by atoms with Crippen LogP contribution in [-0.4, -0.2) is 9.91 Å². The van der Waals surface area contributed by atoms with Gasteiger partial charge in [-0.2, -0.15) is 0 Å². The molecule has 0 fully saturated rings. The summed E-state index contributed by atoms with van der Waals surface area (Å²) >= 11 is 0. The second-order valence-electron chi connectivity index (χ2n) is 4.00. The van der Waals surface area contributed by atoms with Crippen molar-refractivity contribution in [3.8, 4) is 0 Å². The summed E-state index contributed by atoms with van der Waals surface area (Å²) < 4.78 is 0. The molecule has 5 nitrogen and oxygen atoms in total. The maximum Gasteiger partial charge on any atom is 0.271 e. The maximum atomic E-state index is 10.7. The van der Waals surface area contributed by atoms with Crippen LogP contribution in [0.25, 0.3) is 21.8 Å². The Hall–Kier alpha value is -2.40. The highest BCUT2D eigenvalue weighted by Gasteiger charge is 2.10. The highest BCUT2D eigenvalue weighted by molar-refractivity contribution is 6.06. The molecule has 0 aliphatic heterocycles. The van der Waals surface area contributed by atoms with E-state index in [1.54, 1.807) is 6.07 Å². The lowest BCUT2D eigenvalue weighted by atomic mass is 10.1. The van der Waals surface area contributed by atoms with Gasteiger partial charge < -0.3 is 5.73 Å². The minimum atomic E-state index is -0.438. The number of fused-ring (bicyclic) bond motifs is 2. The molecule has 0 saturated heterocycles. The second kappa shape index (κ2) is 4.70. The van der Waals surface area contributed by atoms with Gasteiger partial charge in [0.15, 0.2) is 0 Å². The van der Waals surface area contributed by atoms with Crippen LogP contribution >= 0.6 is 12.4 Å². The third-order valence-corrected chi connectivity index (χ3v) is 2.92. The number of halogens is 1. The SMILES string of the molecule is Cl.Nc1c2ccccc2nc2cc([N+](=O)[O-])ccc12. The summed E-state index contributed by atoms with van der Waals surface area (Å²) in [5, 5.41) is 12.3. The average molecular weight is 276 g/mol. The van der Waals surface area contributed by atoms with E-state index in [9.17, 15) is 10.1 Å². The molecule has 2 N–H and O–H groups in total. The Bertz CT molecular complexity index is 789. The molecule has 0 radical (unpaired) electrons. The Labute approximate surface area is 114 Å². The van der Waals surface area contributed by atoms with E-state index in [0.29, 0.717) is 11.2 Å². The van der Waals surface area contributed by atoms with Crippen LogP contribution < -0.4 is 5.73 Å². The van der Waals surface area contributed by atoms with Gasteiger partial charge in [-0.3, -0.25) is 10.1 Å². The van der Waals surface area contributed by atoms with Crippen LogP contribution in [0.4, 0.5) is 11.4 Å². The number of nitrogens with two attached hydrogens (primary N) is 1. The number of benzene rings is 2. The number of aromatic nitrogens is 1. The lowest BCUT2D eigenvalue weighted by Crippen LogP contribution is -1.94. The monoisotopic (exact) mass is 275 g/mol. The summed E-state index contributed by atoms with van der Waals surface area (Å²) in [6, 6.07) is 12.0. The van der Waals surface area contributed by atoms with E-state index in [0.717, 1.165) is 16.3 Å². The molecule has 0 aliphatic carbocycles. The van der Waals surface area contributed by atoms with Gasteiger partial charge in [0.05, 0.1) is 21.6 Å². The predicted octanol–water partition coefficient (Wildman–Crippen LogP) is 3.30. The first-order chi connectivity index (χ1) is 8.66. The number of non-ortho nitro benzene ring substituents is 1. The van der Waals surface area contributed by atoms with Crippen molar-refractivity contribution in [1.29, 1.82) is 0 Å². The molecule has 0 unspecified atom stereocenters. The first kappa shape index (κ1) is 13.0. The molecule has 1 aromatic heterocycles. The largest absolute Gasteiger partial charge is 0.398 e. The van der Waals surface area contributed by atoms with Crippen LogP contribution in [0.5, 0.6) is 0 Å². The van der Waals surface area contributed by atoms with Crippen molar-refractivity contribution in [2.24, 2.45) is 0 Å². The van der Waals surface area contributed by atoms with Crippen LogP contribution in [0, 0.1) is 10.1 Å². The fraction of sp³-hybridized carbons (Fsp3) is 0. The van der Waals surface area contributed by atoms with E-state index < -0.39 is 4.92 Å². The highest BCUT2D eigenvalue weighted by Crippen LogP contribution is 2.29. The van der Waals surface area contributed by atoms with E-state index in [4.69, 9.17) is 5.73 Å². The summed E-state index contributed by atoms with van der Waals surface area (Å²) in [6.07, 6.45) is 0. The van der Waals surface area contributed by atoms with Gasteiger partial charge in [-0.05, 0) is 12.1 Å². The number of nitrogen functional groups attached to an aromatic ring is 1. The number of rotatable bonds is 1. The minimum absolute atomic E-state index is 0. The van der Waals surface area contributed by atoms with Crippen molar-refractivity contribution in [1.82, 2.24) is 4.98 Å². The molecule has 1 heterocycles. The van der Waals surface area contributed by atoms with Crippen molar-refractivity contribution in [2.75, 3.05) is 5.73 Å². The molecule has 2 aromatic carbocycles. The Morgan fingerprint density at radius 3 is 2.47 bits per heavy atom. The number of nitro benzene ring substituents is 1. The average Bonchev–Trinajstić information content (AvgIpc) is 2.38. The molecule has 0 saturated carbocycles. The molecule has 3 rings (SSSR count). The molecular formula is C13H10ClN3O2. The van der Waals surface area contributed by atoms with Crippen molar-refractivity contribution in [3.63, 3.8) is 0 Å². The molecule has 0 atom stereocenters. The van der Waals surface area contributed by atoms with E-state index in [-0.39, 0.29) is 18.1 Å². The Balaban J connectivity index is 0.00000133. The van der Waals surface area contributed by atoms with Crippen molar-refractivity contribution in [3.05, 3.63) is 52.6 Å². The summed E-state index contributed by atoms with van der Waals surface area (Å²) in [4.78, 5) is 14.7. The molecule has 96 valence electrons. The first-order valence-corrected chi connectivity index (χ1v) is 5.39. The van der Waals surface area contributed by atoms with E-state index in [1.165, 1.54) is 12.1 Å². The van der Waals surface area contributed by atoms with Gasteiger partial charge in [-0.25, -0.2) is 4.98 Å². The van der Waals surface area contributed by atoms with Gasteiger partial charge in [0, 0.05) is 22.9 Å². The normalized spacial score (nSPS) is 10.3. The number of nitrogens with zero attached hydrogens (tertiary/aromatic N) is 2. The topological polar surface area (TPSA) is 82.0 Å². The molecule has 6 heteroatoms. The molecule has 0 amide bonds. The first-order valence-electron chi connectivity index (χ1n) is 5.39. The fourth-order valence-electron chi connectivity index (χ4n) is 2.03. The third-order valence-electron chi connectivity index (χ3n) is 2.92. The smallest absolute Gasteiger partial charge is 0.271 e. The fourth-order valence-corrected chi connectivity index (χ4v) is 2.03. The van der Waals surface area contributed by atoms with Gasteiger partial charge in [0.25, 0.3) is 5.69 Å². The number of anilines is 1. The standard InChI is InChI=1S/C13H9N3O2.ClH/c14-13-9-3-1-2-4-11(9)15-12-7-8(16(17)18)5-6-10(12)13;/h1-7H,(H2,14,15);1H. The summed E-state index contributed by atoms with van der Waals surface area (Å²) in [5.41, 5.74) is 7.97. The van der Waals surface area contributed by atoms with Crippen molar-refractivity contribution < 1.29 is 4.92 Å². The zero-order valence-electron chi connectivity index (χ0n) is 9.74. The van der Waals surface area contributed by atoms with Gasteiger partial charge in [0.2, 0.25) is 0 Å². The number of hydrogen-bond acceptors (Lipinski definition) is 4. The van der Waals surface area contributed by atoms with Gasteiger partial charge in [0.1, 0.15) is 0 Å². The zero-order valence-corrected chi connectivity index (χ0v) is 10.6. The van der Waals surface area contributed by atoms with Gasteiger partial charge in [-0.15, -0.1) is 12.4 Å². The van der Waals surface area contributed by atoms with E-state index in [2.05, 4.69) is 4.98 Å². The highest BCUT2D eigenvalue weighted by atomic mass is 35.5. The van der Waals surface area contributed by atoms with Gasteiger partial charge >= 0.3 is 0 Å². The van der Waals surface area contributed by atoms with Crippen LogP contribution in [0.2, 0.25) is 0 Å². The Morgan fingerprint density at radius 1 is 1.05 bits per heavy atom. The lowest BCUT2D eigenvalue weighted by molar-refractivity contribution is -0.384. The third kappa shape index (κ3) is 2.04. The summed E-state index contributed by atoms with van der Waals surface area (Å²) in [6.45, 7) is 0. The molecule has 0 aliphatic rings. The Morgan fingerprint density at radius 2 is 1.74 bits per heavy atom. The van der Waals surface area contributed by atoms with Gasteiger partial charge in [-0.1, -0.05) is 18.2 Å². The second-order valence-corrected chi connectivity index (χ2v) is 4.00. The number of hydrogen-bond donors (Lipinski definition) is 1. The van der Waals surface area contributed by atoms with Crippen molar-refractivity contribution in [2.45, 2.75) is 0 Å². The molecular weight excluding hydrogens is 266 g/mol. The van der Waals surface area contributed by atoms with Crippen molar-refractivity contribution >= 4 is 45.6 Å². The quantitative estimate of drug-likeness (QED) is 0.420. The predicted molar refractivity (Wildman–Crippen MR) is 77.6 cm³/mol. The summed E-state index contributed by atoms with van der Waals surface area (Å²) in [5.74, 6) is 0. The number of nitro groups is 1. The maximum absolute atomic E-state index is 10.7. The lowest BCUT2D eigenvalue weighted by Gasteiger charge is -2.06. The summed E-state index contributed by atoms with van der Waals surface area (Å²) in [7, 11) is 0. The van der Waals surface area contributed by atoms with E-state index in [1.807, 2.05) is 24.3 Å². The van der Waals surface area contributed by atoms with Crippen LogP contribution in [0.15, 0.2) is 42.5 Å². The number of pyridine rings is 1. The Kier molecular flexibility index (Phi) is 3.23.